The lowest BCUT2D eigenvalue weighted by Crippen LogP contribution is -2.60. The Bertz CT molecular complexity index is 1560. The first kappa shape index (κ1) is 70.9. The number of aliphatic hydroxyl groups is 5. The molecule has 1 aliphatic heterocycles. The van der Waals surface area contributed by atoms with Crippen molar-refractivity contribution >= 4 is 5.91 Å². The summed E-state index contributed by atoms with van der Waals surface area (Å²) >= 11 is 0. The summed E-state index contributed by atoms with van der Waals surface area (Å²) < 4.78 is 11.3. The van der Waals surface area contributed by atoms with E-state index in [4.69, 9.17) is 9.47 Å². The standard InChI is InChI=1S/C67H115NO8/c1-3-5-7-9-11-13-15-17-19-21-23-25-26-27-28-29-30-31-32-33-34-35-36-37-39-41-43-45-47-49-51-53-55-57-63(71)68-60(59-75-67-66(74)65(73)64(72)62(58-69)76-67)61(70)56-54-52-50-48-46-44-42-40-38-24-22-20-18-16-14-12-10-8-6-4-2/h5,7,11,13,17,19,23,25,27-28,30-31,38,40,46,48,54,56,60-62,64-67,69-70,72-74H,3-4,6,8-10,12,14-16,18,20-22,24,26,29,32-37,39,41-45,47,49-53,55,57-59H2,1-2H3,(H,68,71)/b7-5-,13-11-,19-17-,25-23-,28-27-,31-30-,40-38+,48-46+,56-54+. The summed E-state index contributed by atoms with van der Waals surface area (Å²) in [6.07, 6.45) is 74.5. The van der Waals surface area contributed by atoms with Gasteiger partial charge in [0.25, 0.3) is 0 Å². The van der Waals surface area contributed by atoms with E-state index in [-0.39, 0.29) is 12.5 Å². The third-order valence-electron chi connectivity index (χ3n) is 14.1. The molecule has 76 heavy (non-hydrogen) atoms. The smallest absolute Gasteiger partial charge is 0.220 e. The van der Waals surface area contributed by atoms with Crippen molar-refractivity contribution in [2.75, 3.05) is 13.2 Å². The average molecular weight is 1060 g/mol. The number of amides is 1. The predicted molar refractivity (Wildman–Crippen MR) is 322 cm³/mol. The Labute approximate surface area is 466 Å². The summed E-state index contributed by atoms with van der Waals surface area (Å²) in [5.41, 5.74) is 0. The average Bonchev–Trinajstić information content (AvgIpc) is 3.42. The largest absolute Gasteiger partial charge is 0.394 e. The topological polar surface area (TPSA) is 149 Å². The summed E-state index contributed by atoms with van der Waals surface area (Å²) in [5, 5.41) is 54.6. The van der Waals surface area contributed by atoms with Crippen molar-refractivity contribution in [3.63, 3.8) is 0 Å². The minimum absolute atomic E-state index is 0.194. The van der Waals surface area contributed by atoms with Gasteiger partial charge in [-0.25, -0.2) is 0 Å². The lowest BCUT2D eigenvalue weighted by molar-refractivity contribution is -0.302. The van der Waals surface area contributed by atoms with Gasteiger partial charge in [-0.2, -0.15) is 0 Å². The molecule has 0 radical (unpaired) electrons. The lowest BCUT2D eigenvalue weighted by Gasteiger charge is -2.40. The molecule has 0 spiro atoms. The van der Waals surface area contributed by atoms with Gasteiger partial charge in [0.1, 0.15) is 24.4 Å². The molecular formula is C67H115NO8. The Balaban J connectivity index is 2.20. The zero-order valence-electron chi connectivity index (χ0n) is 48.5. The van der Waals surface area contributed by atoms with Crippen LogP contribution in [0.25, 0.3) is 0 Å². The maximum atomic E-state index is 13.1. The van der Waals surface area contributed by atoms with Crippen molar-refractivity contribution in [1.29, 1.82) is 0 Å². The van der Waals surface area contributed by atoms with Gasteiger partial charge < -0.3 is 40.3 Å². The van der Waals surface area contributed by atoms with Gasteiger partial charge in [-0.1, -0.05) is 258 Å². The van der Waals surface area contributed by atoms with Gasteiger partial charge in [0.15, 0.2) is 6.29 Å². The van der Waals surface area contributed by atoms with E-state index in [1.54, 1.807) is 6.08 Å². The molecule has 1 saturated heterocycles. The number of hydrogen-bond donors (Lipinski definition) is 6. The molecule has 9 nitrogen and oxygen atoms in total. The van der Waals surface area contributed by atoms with E-state index in [0.717, 1.165) is 89.9 Å². The highest BCUT2D eigenvalue weighted by molar-refractivity contribution is 5.76. The molecular weight excluding hydrogens is 947 g/mol. The van der Waals surface area contributed by atoms with Gasteiger partial charge in [0.2, 0.25) is 5.91 Å². The van der Waals surface area contributed by atoms with E-state index in [1.807, 2.05) is 6.08 Å². The number of ether oxygens (including phenoxy) is 2. The lowest BCUT2D eigenvalue weighted by atomic mass is 9.99. The molecule has 0 bridgehead atoms. The summed E-state index contributed by atoms with van der Waals surface area (Å²) in [6.45, 7) is 3.65. The number of rotatable bonds is 52. The van der Waals surface area contributed by atoms with Crippen LogP contribution >= 0.6 is 0 Å². The second-order valence-electron chi connectivity index (χ2n) is 21.1. The summed E-state index contributed by atoms with van der Waals surface area (Å²) in [6, 6.07) is -0.835. The minimum atomic E-state index is -1.58. The second-order valence-corrected chi connectivity index (χ2v) is 21.1. The number of allylic oxidation sites excluding steroid dienone is 17. The first-order chi connectivity index (χ1) is 37.3. The Morgan fingerprint density at radius 1 is 0.461 bits per heavy atom. The summed E-state index contributed by atoms with van der Waals surface area (Å²) in [7, 11) is 0. The maximum Gasteiger partial charge on any atom is 0.220 e. The van der Waals surface area contributed by atoms with Crippen molar-refractivity contribution in [2.24, 2.45) is 0 Å². The van der Waals surface area contributed by atoms with Gasteiger partial charge in [-0.15, -0.1) is 0 Å². The number of carbonyl (C=O) groups is 1. The maximum absolute atomic E-state index is 13.1. The SMILES string of the molecule is CC/C=C\C/C=C\C/C=C\C/C=C\C/C=C\C/C=C\CCCCCCCCCCCCCCCCC(=O)NC(COC1OC(CO)C(O)C(O)C1O)C(O)/C=C/CC/C=C/CC/C=C/CCCCCCCCCCCC. The van der Waals surface area contributed by atoms with Crippen LogP contribution in [0.15, 0.2) is 109 Å². The second kappa shape index (κ2) is 55.2. The van der Waals surface area contributed by atoms with Crippen LogP contribution in [0, 0.1) is 0 Å². The van der Waals surface area contributed by atoms with Crippen molar-refractivity contribution < 1.29 is 39.8 Å². The molecule has 0 aromatic carbocycles. The van der Waals surface area contributed by atoms with Crippen LogP contribution in [0.1, 0.15) is 251 Å². The highest BCUT2D eigenvalue weighted by Gasteiger charge is 2.44. The molecule has 1 aliphatic rings. The molecule has 1 heterocycles. The minimum Gasteiger partial charge on any atom is -0.394 e. The molecule has 6 N–H and O–H groups in total. The number of aliphatic hydroxyl groups excluding tert-OH is 5. The molecule has 0 aromatic heterocycles. The molecule has 0 aliphatic carbocycles. The van der Waals surface area contributed by atoms with Crippen LogP contribution in [-0.4, -0.2) is 87.5 Å². The number of hydrogen-bond acceptors (Lipinski definition) is 8. The molecule has 0 aromatic rings. The molecule has 1 fully saturated rings. The van der Waals surface area contributed by atoms with Gasteiger partial charge >= 0.3 is 0 Å². The van der Waals surface area contributed by atoms with E-state index in [1.165, 1.54) is 141 Å². The zero-order chi connectivity index (χ0) is 55.0. The van der Waals surface area contributed by atoms with Gasteiger partial charge in [-0.05, 0) is 96.3 Å². The molecule has 9 heteroatoms. The van der Waals surface area contributed by atoms with E-state index >= 15 is 0 Å². The quantitative estimate of drug-likeness (QED) is 0.0261. The number of nitrogens with one attached hydrogen (secondary N) is 1. The monoisotopic (exact) mass is 1060 g/mol. The Hall–Kier alpha value is -3.15. The molecule has 7 atom stereocenters. The fourth-order valence-electron chi connectivity index (χ4n) is 9.19. The van der Waals surface area contributed by atoms with Crippen molar-refractivity contribution in [1.82, 2.24) is 5.32 Å². The van der Waals surface area contributed by atoms with Gasteiger partial charge in [0.05, 0.1) is 25.4 Å². The number of carbonyl (C=O) groups excluding carboxylic acids is 1. The summed E-state index contributed by atoms with van der Waals surface area (Å²) in [4.78, 5) is 13.1. The predicted octanol–water partition coefficient (Wildman–Crippen LogP) is 16.1. The van der Waals surface area contributed by atoms with Gasteiger partial charge in [-0.3, -0.25) is 4.79 Å². The fraction of sp³-hybridized carbons (Fsp3) is 0.716. The molecule has 1 amide bonds. The molecule has 7 unspecified atom stereocenters. The van der Waals surface area contributed by atoms with E-state index in [0.29, 0.717) is 6.42 Å². The summed E-state index contributed by atoms with van der Waals surface area (Å²) in [5.74, 6) is -0.194. The first-order valence-corrected chi connectivity index (χ1v) is 31.1. The van der Waals surface area contributed by atoms with E-state index in [2.05, 4.69) is 116 Å². The van der Waals surface area contributed by atoms with Crippen LogP contribution in [0.3, 0.4) is 0 Å². The van der Waals surface area contributed by atoms with E-state index in [9.17, 15) is 30.3 Å². The van der Waals surface area contributed by atoms with Crippen molar-refractivity contribution in [3.05, 3.63) is 109 Å². The highest BCUT2D eigenvalue weighted by Crippen LogP contribution is 2.23. The van der Waals surface area contributed by atoms with Crippen molar-refractivity contribution in [2.45, 2.75) is 294 Å². The number of unbranched alkanes of at least 4 members (excludes halogenated alkanes) is 26. The van der Waals surface area contributed by atoms with Gasteiger partial charge in [0, 0.05) is 6.42 Å². The molecule has 436 valence electrons. The fourth-order valence-corrected chi connectivity index (χ4v) is 9.19. The molecule has 1 rings (SSSR count). The normalized spacial score (nSPS) is 19.6. The first-order valence-electron chi connectivity index (χ1n) is 31.1. The molecule has 0 saturated carbocycles. The van der Waals surface area contributed by atoms with Crippen LogP contribution in [0.4, 0.5) is 0 Å². The van der Waals surface area contributed by atoms with Crippen LogP contribution in [0.5, 0.6) is 0 Å². The van der Waals surface area contributed by atoms with Crippen molar-refractivity contribution in [3.8, 4) is 0 Å². The van der Waals surface area contributed by atoms with Crippen LogP contribution < -0.4 is 5.32 Å². The van der Waals surface area contributed by atoms with Crippen LogP contribution in [-0.2, 0) is 14.3 Å². The highest BCUT2D eigenvalue weighted by atomic mass is 16.7. The Morgan fingerprint density at radius 2 is 0.829 bits per heavy atom. The third-order valence-corrected chi connectivity index (χ3v) is 14.1. The Morgan fingerprint density at radius 3 is 1.26 bits per heavy atom. The van der Waals surface area contributed by atoms with E-state index < -0.39 is 49.5 Å². The van der Waals surface area contributed by atoms with Crippen LogP contribution in [0.2, 0.25) is 0 Å². The third kappa shape index (κ3) is 43.8. The zero-order valence-corrected chi connectivity index (χ0v) is 48.5. The Kier molecular flexibility index (Phi) is 51.4.